The van der Waals surface area contributed by atoms with Crippen LogP contribution in [0.15, 0.2) is 29.2 Å². The minimum atomic E-state index is -4.40. The number of hydrogen-bond acceptors (Lipinski definition) is 4. The summed E-state index contributed by atoms with van der Waals surface area (Å²) in [6.07, 6.45) is 0. The van der Waals surface area contributed by atoms with Crippen LogP contribution in [-0.4, -0.2) is 18.0 Å². The predicted molar refractivity (Wildman–Crippen MR) is 51.9 cm³/mol. The summed E-state index contributed by atoms with van der Waals surface area (Å²) in [4.78, 5) is 10.1. The van der Waals surface area contributed by atoms with Gasteiger partial charge in [0.15, 0.2) is 0 Å². The zero-order chi connectivity index (χ0) is 12.2. The normalized spacial score (nSPS) is 11.2. The molecule has 0 amide bonds. The molecule has 7 heteroatoms. The van der Waals surface area contributed by atoms with E-state index < -0.39 is 18.0 Å². The average Bonchev–Trinajstić information content (AvgIpc) is 2.14. The summed E-state index contributed by atoms with van der Waals surface area (Å²) in [6, 6.07) is 5.59. The second-order valence-electron chi connectivity index (χ2n) is 2.77. The first kappa shape index (κ1) is 12.7. The minimum absolute atomic E-state index is 0.0729. The fraction of sp³-hybridized carbons (Fsp3) is 0.222. The second-order valence-corrected chi connectivity index (χ2v) is 3.88. The smallest absolute Gasteiger partial charge is 0.446 e. The van der Waals surface area contributed by atoms with Gasteiger partial charge in [0.05, 0.1) is 12.5 Å². The Bertz CT molecular complexity index is 381. The van der Waals surface area contributed by atoms with Gasteiger partial charge in [-0.1, -0.05) is 12.1 Å². The van der Waals surface area contributed by atoms with Crippen LogP contribution in [0.1, 0.15) is 0 Å². The maximum absolute atomic E-state index is 12.1. The van der Waals surface area contributed by atoms with Crippen LogP contribution in [0.5, 0.6) is 0 Å². The first-order valence-corrected chi connectivity index (χ1v) is 4.98. The van der Waals surface area contributed by atoms with E-state index in [2.05, 4.69) is 5.32 Å². The van der Waals surface area contributed by atoms with Crippen molar-refractivity contribution in [2.45, 2.75) is 10.4 Å². The lowest BCUT2D eigenvalue weighted by molar-refractivity contribution is -0.302. The van der Waals surface area contributed by atoms with Gasteiger partial charge in [-0.2, -0.15) is 13.2 Å². The molecule has 0 aliphatic rings. The Balaban J connectivity index is 2.79. The van der Waals surface area contributed by atoms with Crippen LogP contribution in [0.4, 0.5) is 18.9 Å². The summed E-state index contributed by atoms with van der Waals surface area (Å²) < 4.78 is 36.4. The zero-order valence-corrected chi connectivity index (χ0v) is 8.69. The summed E-state index contributed by atoms with van der Waals surface area (Å²) >= 11 is -0.297. The summed E-state index contributed by atoms with van der Waals surface area (Å²) in [5, 5.41) is 12.5. The van der Waals surface area contributed by atoms with E-state index in [4.69, 9.17) is 0 Å². The first-order chi connectivity index (χ1) is 7.38. The second kappa shape index (κ2) is 5.11. The number of nitrogens with one attached hydrogen (secondary N) is 1. The van der Waals surface area contributed by atoms with Crippen LogP contribution in [0.2, 0.25) is 0 Å². The molecule has 1 aromatic carbocycles. The molecule has 1 N–H and O–H groups in total. The Labute approximate surface area is 93.7 Å². The highest BCUT2D eigenvalue weighted by Crippen LogP contribution is 2.40. The number of carboxylic acids is 1. The number of anilines is 1. The number of halogens is 3. The largest absolute Gasteiger partial charge is 0.548 e. The molecule has 1 aromatic rings. The van der Waals surface area contributed by atoms with E-state index in [9.17, 15) is 23.1 Å². The van der Waals surface area contributed by atoms with Crippen molar-refractivity contribution in [3.63, 3.8) is 0 Å². The lowest BCUT2D eigenvalue weighted by Gasteiger charge is -2.13. The third kappa shape index (κ3) is 4.43. The molecule has 16 heavy (non-hydrogen) atoms. The minimum Gasteiger partial charge on any atom is -0.548 e. The molecular formula is C9H7F3NO2S-. The van der Waals surface area contributed by atoms with Crippen molar-refractivity contribution >= 4 is 23.4 Å². The lowest BCUT2D eigenvalue weighted by Crippen LogP contribution is -2.30. The molecule has 0 aliphatic carbocycles. The molecule has 1 rings (SSSR count). The Kier molecular flexibility index (Phi) is 4.05. The summed E-state index contributed by atoms with van der Waals surface area (Å²) in [5.41, 5.74) is -4.28. The van der Waals surface area contributed by atoms with Crippen LogP contribution >= 0.6 is 11.8 Å². The van der Waals surface area contributed by atoms with Crippen LogP contribution in [0.3, 0.4) is 0 Å². The van der Waals surface area contributed by atoms with Gasteiger partial charge in [-0.05, 0) is 23.9 Å². The topological polar surface area (TPSA) is 52.2 Å². The highest BCUT2D eigenvalue weighted by molar-refractivity contribution is 8.00. The maximum Gasteiger partial charge on any atom is 0.446 e. The van der Waals surface area contributed by atoms with Gasteiger partial charge in [0.1, 0.15) is 0 Å². The van der Waals surface area contributed by atoms with Gasteiger partial charge >= 0.3 is 5.51 Å². The lowest BCUT2D eigenvalue weighted by atomic mass is 10.3. The van der Waals surface area contributed by atoms with Crippen molar-refractivity contribution in [1.82, 2.24) is 0 Å². The molecule has 0 heterocycles. The van der Waals surface area contributed by atoms with Crippen molar-refractivity contribution in [2.75, 3.05) is 11.9 Å². The Hall–Kier alpha value is -1.37. The number of carbonyl (C=O) groups is 1. The molecule has 0 saturated heterocycles. The van der Waals surface area contributed by atoms with E-state index in [1.54, 1.807) is 0 Å². The molecule has 0 saturated carbocycles. The van der Waals surface area contributed by atoms with Crippen molar-refractivity contribution < 1.29 is 23.1 Å². The summed E-state index contributed by atoms with van der Waals surface area (Å²) in [6.45, 7) is -0.532. The fourth-order valence-electron chi connectivity index (χ4n) is 0.994. The highest BCUT2D eigenvalue weighted by atomic mass is 32.2. The standard InChI is InChI=1S/C9H8F3NO2S/c10-9(11,12)16-7-4-2-1-3-6(7)13-5-8(14)15/h1-4,13H,5H2,(H,14,15)/p-1. The van der Waals surface area contributed by atoms with Gasteiger partial charge in [0.2, 0.25) is 0 Å². The third-order valence-corrected chi connectivity index (χ3v) is 2.34. The van der Waals surface area contributed by atoms with Gasteiger partial charge < -0.3 is 15.2 Å². The van der Waals surface area contributed by atoms with Crippen molar-refractivity contribution in [3.8, 4) is 0 Å². The van der Waals surface area contributed by atoms with Gasteiger partial charge in [-0.3, -0.25) is 0 Å². The molecule has 0 fully saturated rings. The van der Waals surface area contributed by atoms with Crippen LogP contribution < -0.4 is 10.4 Å². The van der Waals surface area contributed by atoms with Crippen molar-refractivity contribution in [3.05, 3.63) is 24.3 Å². The SMILES string of the molecule is O=C([O-])CNc1ccccc1SC(F)(F)F. The van der Waals surface area contributed by atoms with Crippen LogP contribution in [0, 0.1) is 0 Å². The highest BCUT2D eigenvalue weighted by Gasteiger charge is 2.30. The number of aliphatic carboxylic acids is 1. The van der Waals surface area contributed by atoms with Crippen molar-refractivity contribution in [2.24, 2.45) is 0 Å². The molecule has 3 nitrogen and oxygen atoms in total. The van der Waals surface area contributed by atoms with Crippen LogP contribution in [-0.2, 0) is 4.79 Å². The monoisotopic (exact) mass is 250 g/mol. The number of benzene rings is 1. The quantitative estimate of drug-likeness (QED) is 0.822. The molecular weight excluding hydrogens is 243 g/mol. The van der Waals surface area contributed by atoms with Gasteiger partial charge in [-0.15, -0.1) is 0 Å². The molecule has 0 spiro atoms. The van der Waals surface area contributed by atoms with E-state index >= 15 is 0 Å². The number of carbonyl (C=O) groups excluding carboxylic acids is 1. The number of carboxylic acid groups (broad SMARTS) is 1. The van der Waals surface area contributed by atoms with Crippen molar-refractivity contribution in [1.29, 1.82) is 0 Å². The number of thioether (sulfide) groups is 1. The Morgan fingerprint density at radius 1 is 1.38 bits per heavy atom. The first-order valence-electron chi connectivity index (χ1n) is 4.17. The molecule has 0 unspecified atom stereocenters. The van der Waals surface area contributed by atoms with Crippen LogP contribution in [0.25, 0.3) is 0 Å². The van der Waals surface area contributed by atoms with E-state index in [0.29, 0.717) is 0 Å². The zero-order valence-electron chi connectivity index (χ0n) is 7.88. The number of rotatable bonds is 4. The van der Waals surface area contributed by atoms with Gasteiger partial charge in [-0.25, -0.2) is 0 Å². The molecule has 0 aromatic heterocycles. The van der Waals surface area contributed by atoms with Gasteiger partial charge in [0.25, 0.3) is 0 Å². The van der Waals surface area contributed by atoms with E-state index in [1.165, 1.54) is 24.3 Å². The molecule has 0 radical (unpaired) electrons. The predicted octanol–water partition coefficient (Wildman–Crippen LogP) is 1.46. The fourth-order valence-corrected chi connectivity index (χ4v) is 1.64. The van der Waals surface area contributed by atoms with E-state index in [0.717, 1.165) is 0 Å². The molecule has 0 atom stereocenters. The Morgan fingerprint density at radius 2 is 2.00 bits per heavy atom. The maximum atomic E-state index is 12.1. The number of hydrogen-bond donors (Lipinski definition) is 1. The van der Waals surface area contributed by atoms with E-state index in [1.807, 2.05) is 0 Å². The molecule has 0 bridgehead atoms. The molecule has 88 valence electrons. The molecule has 0 aliphatic heterocycles. The van der Waals surface area contributed by atoms with E-state index in [-0.39, 0.29) is 22.3 Å². The number of para-hydroxylation sites is 1. The number of alkyl halides is 3. The summed E-state index contributed by atoms with van der Waals surface area (Å²) in [5.74, 6) is -1.38. The van der Waals surface area contributed by atoms with Gasteiger partial charge in [0, 0.05) is 10.6 Å². The summed E-state index contributed by atoms with van der Waals surface area (Å²) in [7, 11) is 0. The Morgan fingerprint density at radius 3 is 2.56 bits per heavy atom. The average molecular weight is 250 g/mol. The third-order valence-electron chi connectivity index (χ3n) is 1.54.